The van der Waals surface area contributed by atoms with Crippen molar-refractivity contribution in [1.29, 1.82) is 0 Å². The van der Waals surface area contributed by atoms with Gasteiger partial charge >= 0.3 is 0 Å². The maximum absolute atomic E-state index is 11.2. The molecule has 1 aromatic rings. The lowest BCUT2D eigenvalue weighted by atomic mass is 10.0. The lowest BCUT2D eigenvalue weighted by Gasteiger charge is -2.00. The highest BCUT2D eigenvalue weighted by atomic mass is 16.2. The van der Waals surface area contributed by atoms with Crippen LogP contribution in [0.4, 0.5) is 5.69 Å². The Morgan fingerprint density at radius 2 is 2.33 bits per heavy atom. The number of nitrogens with one attached hydrogen (secondary N) is 1. The van der Waals surface area contributed by atoms with Crippen LogP contribution in [0.5, 0.6) is 0 Å². The highest BCUT2D eigenvalue weighted by Gasteiger charge is 2.26. The molecule has 62 valence electrons. The second-order valence-corrected chi connectivity index (χ2v) is 3.12. The van der Waals surface area contributed by atoms with Crippen LogP contribution in [-0.4, -0.2) is 10.9 Å². The molecule has 2 rings (SSSR count). The number of pyridine rings is 1. The van der Waals surface area contributed by atoms with E-state index in [-0.39, 0.29) is 11.8 Å². The fraction of sp³-hybridized carbons (Fsp3) is 0.333. The van der Waals surface area contributed by atoms with E-state index in [4.69, 9.17) is 0 Å². The number of rotatable bonds is 0. The molecule has 3 nitrogen and oxygen atoms in total. The highest BCUT2D eigenvalue weighted by molar-refractivity contribution is 6.02. The van der Waals surface area contributed by atoms with Gasteiger partial charge in [-0.3, -0.25) is 9.78 Å². The summed E-state index contributed by atoms with van der Waals surface area (Å²) in [5.74, 6) is 0.0408. The molecule has 0 saturated carbocycles. The van der Waals surface area contributed by atoms with Gasteiger partial charge in [0.2, 0.25) is 5.91 Å². The van der Waals surface area contributed by atoms with Crippen molar-refractivity contribution in [3.63, 3.8) is 0 Å². The molecule has 1 aliphatic rings. The van der Waals surface area contributed by atoms with Gasteiger partial charge in [0, 0.05) is 5.69 Å². The molecule has 0 bridgehead atoms. The summed E-state index contributed by atoms with van der Waals surface area (Å²) in [5.41, 5.74) is 2.88. The standard InChI is InChI=1S/C9H10N2O/c1-5-3-7-6(2)9(12)11-8(7)4-10-5/h3-4,6H,1-2H3,(H,11,12). The van der Waals surface area contributed by atoms with Crippen LogP contribution < -0.4 is 5.32 Å². The quantitative estimate of drug-likeness (QED) is 0.627. The maximum atomic E-state index is 11.2. The molecule has 1 atom stereocenters. The molecule has 1 amide bonds. The number of carbonyl (C=O) groups is 1. The third-order valence-corrected chi connectivity index (χ3v) is 2.19. The van der Waals surface area contributed by atoms with Gasteiger partial charge in [0.05, 0.1) is 17.8 Å². The molecule has 2 heterocycles. The van der Waals surface area contributed by atoms with Crippen molar-refractivity contribution >= 4 is 11.6 Å². The predicted molar refractivity (Wildman–Crippen MR) is 46.0 cm³/mol. The molecular formula is C9H10N2O. The minimum atomic E-state index is -0.0262. The zero-order valence-electron chi connectivity index (χ0n) is 7.09. The Bertz CT molecular complexity index is 346. The van der Waals surface area contributed by atoms with Crippen molar-refractivity contribution in [2.24, 2.45) is 0 Å². The summed E-state index contributed by atoms with van der Waals surface area (Å²) in [6, 6.07) is 1.96. The Kier molecular flexibility index (Phi) is 1.40. The van der Waals surface area contributed by atoms with E-state index in [1.807, 2.05) is 19.9 Å². The minimum absolute atomic E-state index is 0.0262. The first-order valence-electron chi connectivity index (χ1n) is 3.96. The topological polar surface area (TPSA) is 42.0 Å². The van der Waals surface area contributed by atoms with Crippen LogP contribution in [0.3, 0.4) is 0 Å². The van der Waals surface area contributed by atoms with E-state index in [2.05, 4.69) is 10.3 Å². The summed E-state index contributed by atoms with van der Waals surface area (Å²) in [5, 5.41) is 2.77. The molecule has 1 aliphatic heterocycles. The minimum Gasteiger partial charge on any atom is -0.324 e. The average Bonchev–Trinajstić information content (AvgIpc) is 2.31. The Morgan fingerprint density at radius 3 is 3.08 bits per heavy atom. The van der Waals surface area contributed by atoms with Gasteiger partial charge in [-0.05, 0) is 25.5 Å². The third-order valence-electron chi connectivity index (χ3n) is 2.19. The number of hydrogen-bond donors (Lipinski definition) is 1. The molecule has 1 unspecified atom stereocenters. The number of aryl methyl sites for hydroxylation is 1. The molecule has 0 spiro atoms. The zero-order valence-corrected chi connectivity index (χ0v) is 7.09. The summed E-state index contributed by atoms with van der Waals surface area (Å²) in [6.45, 7) is 3.83. The number of amides is 1. The monoisotopic (exact) mass is 162 g/mol. The Balaban J connectivity index is 2.55. The second kappa shape index (κ2) is 2.30. The summed E-state index contributed by atoms with van der Waals surface area (Å²) in [6.07, 6.45) is 1.71. The van der Waals surface area contributed by atoms with Crippen molar-refractivity contribution < 1.29 is 4.79 Å². The lowest BCUT2D eigenvalue weighted by molar-refractivity contribution is -0.116. The summed E-state index contributed by atoms with van der Waals surface area (Å²) >= 11 is 0. The second-order valence-electron chi connectivity index (χ2n) is 3.12. The van der Waals surface area contributed by atoms with E-state index < -0.39 is 0 Å². The van der Waals surface area contributed by atoms with E-state index in [1.165, 1.54) is 0 Å². The molecule has 1 aromatic heterocycles. The van der Waals surface area contributed by atoms with Gasteiger partial charge in [-0.15, -0.1) is 0 Å². The van der Waals surface area contributed by atoms with Crippen molar-refractivity contribution in [1.82, 2.24) is 4.98 Å². The Hall–Kier alpha value is -1.38. The molecule has 0 aromatic carbocycles. The number of aromatic nitrogens is 1. The van der Waals surface area contributed by atoms with Crippen LogP contribution in [0.15, 0.2) is 12.3 Å². The predicted octanol–water partition coefficient (Wildman–Crippen LogP) is 1.45. The number of hydrogen-bond acceptors (Lipinski definition) is 2. The first kappa shape index (κ1) is 7.28. The normalized spacial score (nSPS) is 20.5. The molecular weight excluding hydrogens is 152 g/mol. The highest BCUT2D eigenvalue weighted by Crippen LogP contribution is 2.31. The zero-order chi connectivity index (χ0) is 8.72. The van der Waals surface area contributed by atoms with Crippen molar-refractivity contribution in [3.05, 3.63) is 23.5 Å². The van der Waals surface area contributed by atoms with Crippen LogP contribution in [0.1, 0.15) is 24.1 Å². The largest absolute Gasteiger partial charge is 0.324 e. The van der Waals surface area contributed by atoms with Gasteiger partial charge < -0.3 is 5.32 Å². The number of carbonyl (C=O) groups excluding carboxylic acids is 1. The number of anilines is 1. The van der Waals surface area contributed by atoms with Crippen molar-refractivity contribution in [2.75, 3.05) is 5.32 Å². The van der Waals surface area contributed by atoms with E-state index >= 15 is 0 Å². The number of nitrogens with zero attached hydrogens (tertiary/aromatic N) is 1. The van der Waals surface area contributed by atoms with Gasteiger partial charge in [-0.2, -0.15) is 0 Å². The van der Waals surface area contributed by atoms with Gasteiger partial charge in [0.25, 0.3) is 0 Å². The fourth-order valence-electron chi connectivity index (χ4n) is 1.43. The Labute approximate surface area is 70.8 Å². The van der Waals surface area contributed by atoms with E-state index in [0.29, 0.717) is 0 Å². The average molecular weight is 162 g/mol. The molecule has 3 heteroatoms. The fourth-order valence-corrected chi connectivity index (χ4v) is 1.43. The third kappa shape index (κ3) is 0.897. The van der Waals surface area contributed by atoms with Crippen molar-refractivity contribution in [3.8, 4) is 0 Å². The molecule has 0 aliphatic carbocycles. The SMILES string of the molecule is Cc1cc2c(cn1)NC(=O)C2C. The molecule has 1 N–H and O–H groups in total. The Morgan fingerprint density at radius 1 is 1.58 bits per heavy atom. The summed E-state index contributed by atoms with van der Waals surface area (Å²) < 4.78 is 0. The smallest absolute Gasteiger partial charge is 0.231 e. The summed E-state index contributed by atoms with van der Waals surface area (Å²) in [4.78, 5) is 15.3. The van der Waals surface area contributed by atoms with Crippen LogP contribution in [0.2, 0.25) is 0 Å². The van der Waals surface area contributed by atoms with Crippen LogP contribution in [-0.2, 0) is 4.79 Å². The maximum Gasteiger partial charge on any atom is 0.231 e. The van der Waals surface area contributed by atoms with Gasteiger partial charge in [0.1, 0.15) is 0 Å². The summed E-state index contributed by atoms with van der Waals surface area (Å²) in [7, 11) is 0. The van der Waals surface area contributed by atoms with E-state index in [9.17, 15) is 4.79 Å². The van der Waals surface area contributed by atoms with Crippen molar-refractivity contribution in [2.45, 2.75) is 19.8 Å². The van der Waals surface area contributed by atoms with Gasteiger partial charge in [-0.25, -0.2) is 0 Å². The van der Waals surface area contributed by atoms with Gasteiger partial charge in [0.15, 0.2) is 0 Å². The van der Waals surface area contributed by atoms with Crippen LogP contribution in [0, 0.1) is 6.92 Å². The first-order chi connectivity index (χ1) is 5.68. The van der Waals surface area contributed by atoms with E-state index in [0.717, 1.165) is 16.9 Å². The van der Waals surface area contributed by atoms with Crippen LogP contribution in [0.25, 0.3) is 0 Å². The van der Waals surface area contributed by atoms with Crippen LogP contribution >= 0.6 is 0 Å². The molecule has 0 radical (unpaired) electrons. The molecule has 0 fully saturated rings. The van der Waals surface area contributed by atoms with E-state index in [1.54, 1.807) is 6.20 Å². The molecule has 0 saturated heterocycles. The lowest BCUT2D eigenvalue weighted by Crippen LogP contribution is -2.08. The van der Waals surface area contributed by atoms with Gasteiger partial charge in [-0.1, -0.05) is 0 Å². The molecule has 12 heavy (non-hydrogen) atoms. The first-order valence-corrected chi connectivity index (χ1v) is 3.96. The number of fused-ring (bicyclic) bond motifs is 1.